The first-order valence-corrected chi connectivity index (χ1v) is 5.22. The first kappa shape index (κ1) is 14.7. The monoisotopic (exact) mass is 329 g/mol. The number of carbonyl (C=O) groups is 1. The minimum Gasteiger partial charge on any atom is -0.288 e. The zero-order valence-corrected chi connectivity index (χ0v) is 10.1. The van der Waals surface area contributed by atoms with Crippen LogP contribution in [0.2, 0.25) is 0 Å². The van der Waals surface area contributed by atoms with Crippen LogP contribution in [0.15, 0.2) is 28.9 Å². The average Bonchev–Trinajstić information content (AvgIpc) is 2.24. The van der Waals surface area contributed by atoms with Gasteiger partial charge in [0.1, 0.15) is 0 Å². The molecule has 0 aliphatic rings. The molecule has 1 rings (SSSR count). The Balaban J connectivity index is 2.89. The van der Waals surface area contributed by atoms with Crippen molar-refractivity contribution in [1.82, 2.24) is 4.98 Å². The number of halogens is 6. The molecule has 0 bridgehead atoms. The van der Waals surface area contributed by atoms with Crippen molar-refractivity contribution in [3.8, 4) is 0 Å². The van der Waals surface area contributed by atoms with E-state index >= 15 is 0 Å². The normalized spacial score (nSPS) is 13.0. The lowest BCUT2D eigenvalue weighted by Gasteiger charge is -2.15. The minimum absolute atomic E-state index is 0.0794. The first-order valence-electron chi connectivity index (χ1n) is 4.43. The number of ketones is 1. The van der Waals surface area contributed by atoms with Crippen molar-refractivity contribution in [1.29, 1.82) is 0 Å². The predicted molar refractivity (Wildman–Crippen MR) is 57.0 cm³/mol. The van der Waals surface area contributed by atoms with Crippen molar-refractivity contribution in [3.63, 3.8) is 0 Å². The maximum absolute atomic E-state index is 12.6. The number of carbonyl (C=O) groups excluding carboxylic acids is 1. The van der Waals surface area contributed by atoms with Crippen LogP contribution in [-0.4, -0.2) is 22.9 Å². The number of nitrogens with zero attached hydrogens (tertiary/aromatic N) is 1. The van der Waals surface area contributed by atoms with Gasteiger partial charge in [0.25, 0.3) is 0 Å². The molecule has 1 aromatic heterocycles. The Morgan fingerprint density at radius 3 is 2.39 bits per heavy atom. The number of rotatable bonds is 3. The fourth-order valence-electron chi connectivity index (χ4n) is 0.918. The van der Waals surface area contributed by atoms with Crippen molar-refractivity contribution >= 4 is 27.8 Å². The van der Waals surface area contributed by atoms with E-state index in [1.165, 1.54) is 18.3 Å². The van der Waals surface area contributed by atoms with Gasteiger partial charge in [0.05, 0.1) is 5.69 Å². The van der Waals surface area contributed by atoms with Crippen molar-refractivity contribution in [2.24, 2.45) is 0 Å². The maximum atomic E-state index is 12.6. The minimum atomic E-state index is -5.90. The van der Waals surface area contributed by atoms with Gasteiger partial charge in [-0.05, 0) is 24.3 Å². The van der Waals surface area contributed by atoms with E-state index in [9.17, 15) is 26.7 Å². The second-order valence-corrected chi connectivity index (χ2v) is 4.08. The Kier molecular flexibility index (Phi) is 4.20. The van der Waals surface area contributed by atoms with Crippen LogP contribution in [0.3, 0.4) is 0 Å². The quantitative estimate of drug-likeness (QED) is 0.626. The molecule has 0 saturated heterocycles. The molecule has 0 spiro atoms. The van der Waals surface area contributed by atoms with E-state index in [-0.39, 0.29) is 11.8 Å². The van der Waals surface area contributed by atoms with Crippen molar-refractivity contribution in [3.05, 3.63) is 34.6 Å². The van der Waals surface area contributed by atoms with Crippen LogP contribution >= 0.6 is 15.9 Å². The summed E-state index contributed by atoms with van der Waals surface area (Å²) in [6, 6.07) is 2.89. The number of pyridine rings is 1. The third-order valence-corrected chi connectivity index (χ3v) is 2.31. The molecule has 0 unspecified atom stereocenters. The van der Waals surface area contributed by atoms with E-state index in [1.807, 2.05) is 0 Å². The van der Waals surface area contributed by atoms with Gasteiger partial charge in [0.2, 0.25) is 5.78 Å². The number of hydrogen-bond donors (Lipinski definition) is 0. The summed E-state index contributed by atoms with van der Waals surface area (Å²) in [6.45, 7) is 0. The van der Waals surface area contributed by atoms with Gasteiger partial charge in [-0.15, -0.1) is 0 Å². The van der Waals surface area contributed by atoms with E-state index in [4.69, 9.17) is 0 Å². The predicted octanol–water partition coefficient (Wildman–Crippen LogP) is 3.62. The summed E-state index contributed by atoms with van der Waals surface area (Å²) < 4.78 is 61.2. The standard InChI is InChI=1S/C10H5BrF5NO/c11-6-3-4-17-7(5-6)1-2-8(18)9(12,13)10(14,15)16/h1-5H/b2-1+. The molecular formula is C10H5BrF5NO. The van der Waals surface area contributed by atoms with Crippen LogP contribution < -0.4 is 0 Å². The highest BCUT2D eigenvalue weighted by Crippen LogP contribution is 2.36. The highest BCUT2D eigenvalue weighted by Gasteiger charge is 2.62. The molecule has 0 amide bonds. The van der Waals surface area contributed by atoms with Gasteiger partial charge in [-0.3, -0.25) is 9.78 Å². The average molecular weight is 330 g/mol. The van der Waals surface area contributed by atoms with Crippen LogP contribution in [0.5, 0.6) is 0 Å². The highest BCUT2D eigenvalue weighted by atomic mass is 79.9. The van der Waals surface area contributed by atoms with Crippen LogP contribution in [0.25, 0.3) is 6.08 Å². The lowest BCUT2D eigenvalue weighted by molar-refractivity contribution is -0.266. The van der Waals surface area contributed by atoms with Gasteiger partial charge in [0, 0.05) is 10.7 Å². The molecule has 0 saturated carbocycles. The number of allylic oxidation sites excluding steroid dienone is 1. The van der Waals surface area contributed by atoms with Gasteiger partial charge in [-0.1, -0.05) is 15.9 Å². The van der Waals surface area contributed by atoms with Crippen molar-refractivity contribution < 1.29 is 26.7 Å². The summed E-state index contributed by atoms with van der Waals surface area (Å²) in [4.78, 5) is 14.4. The Morgan fingerprint density at radius 2 is 1.89 bits per heavy atom. The maximum Gasteiger partial charge on any atom is 0.461 e. The molecule has 0 radical (unpaired) electrons. The highest BCUT2D eigenvalue weighted by molar-refractivity contribution is 9.10. The van der Waals surface area contributed by atoms with Gasteiger partial charge < -0.3 is 0 Å². The molecule has 0 fully saturated rings. The van der Waals surface area contributed by atoms with Crippen molar-refractivity contribution in [2.75, 3.05) is 0 Å². The molecular weight excluding hydrogens is 325 g/mol. The first-order chi connectivity index (χ1) is 8.14. The zero-order chi connectivity index (χ0) is 14.0. The third kappa shape index (κ3) is 3.34. The molecule has 1 heterocycles. The van der Waals surface area contributed by atoms with E-state index in [0.29, 0.717) is 4.47 Å². The van der Waals surface area contributed by atoms with Crippen molar-refractivity contribution in [2.45, 2.75) is 12.1 Å². The summed E-state index contributed by atoms with van der Waals surface area (Å²) in [5.41, 5.74) is 0.0794. The summed E-state index contributed by atoms with van der Waals surface area (Å²) >= 11 is 3.05. The SMILES string of the molecule is O=C(/C=C/c1cc(Br)ccn1)C(F)(F)C(F)(F)F. The molecule has 0 N–H and O–H groups in total. The lowest BCUT2D eigenvalue weighted by Crippen LogP contribution is -2.43. The van der Waals surface area contributed by atoms with E-state index in [1.54, 1.807) is 0 Å². The van der Waals surface area contributed by atoms with E-state index < -0.39 is 17.9 Å². The summed E-state index contributed by atoms with van der Waals surface area (Å²) in [7, 11) is 0. The van der Waals surface area contributed by atoms with E-state index in [0.717, 1.165) is 6.08 Å². The molecule has 1 aromatic rings. The zero-order valence-electron chi connectivity index (χ0n) is 8.51. The molecule has 0 aromatic carbocycles. The summed E-state index contributed by atoms with van der Waals surface area (Å²) in [6.07, 6.45) is -3.66. The van der Waals surface area contributed by atoms with Gasteiger partial charge in [-0.25, -0.2) is 0 Å². The molecule has 0 aliphatic heterocycles. The second-order valence-electron chi connectivity index (χ2n) is 3.17. The third-order valence-electron chi connectivity index (χ3n) is 1.81. The lowest BCUT2D eigenvalue weighted by atomic mass is 10.2. The fourth-order valence-corrected chi connectivity index (χ4v) is 1.27. The molecule has 2 nitrogen and oxygen atoms in total. The molecule has 18 heavy (non-hydrogen) atoms. The largest absolute Gasteiger partial charge is 0.461 e. The van der Waals surface area contributed by atoms with Crippen LogP contribution in [-0.2, 0) is 4.79 Å². The van der Waals surface area contributed by atoms with Gasteiger partial charge in [0.15, 0.2) is 0 Å². The van der Waals surface area contributed by atoms with Crippen LogP contribution in [0.4, 0.5) is 22.0 Å². The second kappa shape index (κ2) is 5.13. The van der Waals surface area contributed by atoms with Gasteiger partial charge >= 0.3 is 12.1 Å². The number of hydrogen-bond acceptors (Lipinski definition) is 2. The molecule has 0 aliphatic carbocycles. The smallest absolute Gasteiger partial charge is 0.288 e. The van der Waals surface area contributed by atoms with Crippen LogP contribution in [0.1, 0.15) is 5.69 Å². The molecule has 0 atom stereocenters. The Bertz CT molecular complexity index is 483. The van der Waals surface area contributed by atoms with Gasteiger partial charge in [-0.2, -0.15) is 22.0 Å². The molecule has 8 heteroatoms. The van der Waals surface area contributed by atoms with E-state index in [2.05, 4.69) is 20.9 Å². The Labute approximate surface area is 107 Å². The summed E-state index contributed by atoms with van der Waals surface area (Å²) in [5, 5.41) is 0. The fraction of sp³-hybridized carbons (Fsp3) is 0.200. The summed E-state index contributed by atoms with van der Waals surface area (Å²) in [5.74, 6) is -7.73. The Hall–Kier alpha value is -1.31. The van der Waals surface area contributed by atoms with Crippen LogP contribution in [0, 0.1) is 0 Å². The molecule has 98 valence electrons. The number of aromatic nitrogens is 1. The number of alkyl halides is 5. The Morgan fingerprint density at radius 1 is 1.28 bits per heavy atom. The topological polar surface area (TPSA) is 30.0 Å².